The van der Waals surface area contributed by atoms with Gasteiger partial charge in [-0.05, 0) is 35.8 Å². The number of rotatable bonds is 5. The van der Waals surface area contributed by atoms with Crippen molar-refractivity contribution in [3.05, 3.63) is 17.0 Å². The third kappa shape index (κ3) is 3.54. The molecule has 1 aliphatic rings. The number of nitrogens with one attached hydrogen (secondary N) is 1. The maximum absolute atomic E-state index is 12.1. The van der Waals surface area contributed by atoms with E-state index in [1.165, 1.54) is 30.6 Å². The molecule has 4 nitrogen and oxygen atoms in total. The Balaban J connectivity index is 1.94. The summed E-state index contributed by atoms with van der Waals surface area (Å²) in [5.41, 5.74) is 6.36. The number of nitrogens with two attached hydrogens (primary N) is 1. The summed E-state index contributed by atoms with van der Waals surface area (Å²) in [7, 11) is -3.34. The molecule has 102 valence electrons. The fourth-order valence-electron chi connectivity index (χ4n) is 2.29. The van der Waals surface area contributed by atoms with E-state index in [1.807, 2.05) is 0 Å². The van der Waals surface area contributed by atoms with Crippen molar-refractivity contribution in [2.45, 2.75) is 42.9 Å². The van der Waals surface area contributed by atoms with Crippen LogP contribution in [0.4, 0.5) is 0 Å². The molecular weight excluding hydrogens is 268 g/mol. The molecule has 1 aromatic rings. The van der Waals surface area contributed by atoms with Crippen LogP contribution in [0.15, 0.2) is 15.7 Å². The molecule has 6 heteroatoms. The van der Waals surface area contributed by atoms with Crippen molar-refractivity contribution in [2.24, 2.45) is 11.7 Å². The predicted molar refractivity (Wildman–Crippen MR) is 74.0 cm³/mol. The van der Waals surface area contributed by atoms with Crippen LogP contribution in [0.25, 0.3) is 0 Å². The van der Waals surface area contributed by atoms with Gasteiger partial charge in [0.15, 0.2) is 0 Å². The Morgan fingerprint density at radius 3 is 2.67 bits per heavy atom. The van der Waals surface area contributed by atoms with Crippen LogP contribution in [-0.4, -0.2) is 15.0 Å². The molecule has 2 rings (SSSR count). The van der Waals surface area contributed by atoms with Crippen molar-refractivity contribution in [1.82, 2.24) is 4.72 Å². The van der Waals surface area contributed by atoms with Crippen molar-refractivity contribution in [2.75, 3.05) is 6.54 Å². The van der Waals surface area contributed by atoms with Gasteiger partial charge in [-0.3, -0.25) is 0 Å². The van der Waals surface area contributed by atoms with Gasteiger partial charge in [0.05, 0.1) is 0 Å². The Hall–Kier alpha value is -0.430. The molecule has 0 bridgehead atoms. The number of sulfonamides is 1. The Morgan fingerprint density at radius 1 is 1.33 bits per heavy atom. The Bertz CT molecular complexity index is 476. The van der Waals surface area contributed by atoms with E-state index in [0.717, 1.165) is 18.4 Å². The summed E-state index contributed by atoms with van der Waals surface area (Å²) in [6.45, 7) is 0.951. The predicted octanol–water partition coefficient (Wildman–Crippen LogP) is 2.07. The van der Waals surface area contributed by atoms with Crippen molar-refractivity contribution in [1.29, 1.82) is 0 Å². The third-order valence-corrected chi connectivity index (χ3v) is 6.33. The van der Waals surface area contributed by atoms with Gasteiger partial charge >= 0.3 is 0 Å². The van der Waals surface area contributed by atoms with Gasteiger partial charge in [0.25, 0.3) is 0 Å². The number of thiophene rings is 1. The summed E-state index contributed by atoms with van der Waals surface area (Å²) in [4.78, 5) is 0. The van der Waals surface area contributed by atoms with Gasteiger partial charge in [-0.25, -0.2) is 13.1 Å². The Labute approximate surface area is 113 Å². The van der Waals surface area contributed by atoms with Crippen molar-refractivity contribution in [3.8, 4) is 0 Å². The second kappa shape index (κ2) is 6.14. The zero-order valence-corrected chi connectivity index (χ0v) is 12.0. The van der Waals surface area contributed by atoms with Crippen LogP contribution in [0, 0.1) is 5.92 Å². The topological polar surface area (TPSA) is 72.2 Å². The third-order valence-electron chi connectivity index (χ3n) is 3.42. The second-order valence-electron chi connectivity index (χ2n) is 4.83. The van der Waals surface area contributed by atoms with E-state index in [1.54, 1.807) is 11.4 Å². The molecular formula is C12H20N2O2S2. The molecule has 0 saturated heterocycles. The van der Waals surface area contributed by atoms with E-state index in [9.17, 15) is 8.42 Å². The molecule has 1 fully saturated rings. The molecule has 1 heterocycles. The van der Waals surface area contributed by atoms with Crippen molar-refractivity contribution in [3.63, 3.8) is 0 Å². The largest absolute Gasteiger partial charge is 0.326 e. The van der Waals surface area contributed by atoms with Crippen LogP contribution in [0.1, 0.15) is 37.7 Å². The Kier molecular flexibility index (Phi) is 4.77. The lowest BCUT2D eigenvalue weighted by atomic mass is 9.90. The standard InChI is InChI=1S/C12H20N2O2S2/c13-7-11-6-12(17-9-11)18(15,16)14-8-10-4-2-1-3-5-10/h6,9-10,14H,1-5,7-8,13H2. The molecule has 0 spiro atoms. The minimum atomic E-state index is -3.34. The van der Waals surface area contributed by atoms with Crippen molar-refractivity contribution < 1.29 is 8.42 Å². The monoisotopic (exact) mass is 288 g/mol. The summed E-state index contributed by atoms with van der Waals surface area (Å²) in [5.74, 6) is 0.502. The highest BCUT2D eigenvalue weighted by atomic mass is 32.2. The SMILES string of the molecule is NCc1csc(S(=O)(=O)NCC2CCCCC2)c1. The lowest BCUT2D eigenvalue weighted by Gasteiger charge is -2.21. The summed E-state index contributed by atoms with van der Waals surface area (Å²) in [5, 5.41) is 1.80. The van der Waals surface area contributed by atoms with Crippen molar-refractivity contribution >= 4 is 21.4 Å². The van der Waals surface area contributed by atoms with E-state index in [-0.39, 0.29) is 0 Å². The van der Waals surface area contributed by atoms with Gasteiger partial charge in [0, 0.05) is 13.1 Å². The van der Waals surface area contributed by atoms with Gasteiger partial charge in [0.2, 0.25) is 10.0 Å². The molecule has 0 unspecified atom stereocenters. The maximum Gasteiger partial charge on any atom is 0.250 e. The van der Waals surface area contributed by atoms with Gasteiger partial charge < -0.3 is 5.73 Å². The molecule has 0 aliphatic heterocycles. The van der Waals surface area contributed by atoms with Crippen LogP contribution in [-0.2, 0) is 16.6 Å². The first-order valence-electron chi connectivity index (χ1n) is 6.39. The molecule has 1 aliphatic carbocycles. The average Bonchev–Trinajstić information content (AvgIpc) is 2.87. The lowest BCUT2D eigenvalue weighted by molar-refractivity contribution is 0.357. The zero-order valence-electron chi connectivity index (χ0n) is 10.4. The molecule has 0 aromatic carbocycles. The lowest BCUT2D eigenvalue weighted by Crippen LogP contribution is -2.29. The first-order valence-corrected chi connectivity index (χ1v) is 8.75. The van der Waals surface area contributed by atoms with Crippen LogP contribution in [0.2, 0.25) is 0 Å². The van der Waals surface area contributed by atoms with E-state index >= 15 is 0 Å². The van der Waals surface area contributed by atoms with Crippen LogP contribution >= 0.6 is 11.3 Å². The van der Waals surface area contributed by atoms with E-state index in [0.29, 0.717) is 23.2 Å². The van der Waals surface area contributed by atoms with Crippen LogP contribution in [0.3, 0.4) is 0 Å². The highest BCUT2D eigenvalue weighted by Crippen LogP contribution is 2.24. The first kappa shape index (κ1) is 14.0. The minimum absolute atomic E-state index is 0.374. The fourth-order valence-corrected chi connectivity index (χ4v) is 4.67. The van der Waals surface area contributed by atoms with Gasteiger partial charge in [-0.2, -0.15) is 0 Å². The molecule has 3 N–H and O–H groups in total. The smallest absolute Gasteiger partial charge is 0.250 e. The van der Waals surface area contributed by atoms with E-state index < -0.39 is 10.0 Å². The Morgan fingerprint density at radius 2 is 2.06 bits per heavy atom. The number of hydrogen-bond acceptors (Lipinski definition) is 4. The molecule has 0 amide bonds. The van der Waals surface area contributed by atoms with Crippen LogP contribution < -0.4 is 10.5 Å². The van der Waals surface area contributed by atoms with Crippen LogP contribution in [0.5, 0.6) is 0 Å². The molecule has 18 heavy (non-hydrogen) atoms. The van der Waals surface area contributed by atoms with Gasteiger partial charge in [-0.1, -0.05) is 19.3 Å². The first-order chi connectivity index (χ1) is 8.62. The average molecular weight is 288 g/mol. The second-order valence-corrected chi connectivity index (χ2v) is 7.74. The minimum Gasteiger partial charge on any atom is -0.326 e. The maximum atomic E-state index is 12.1. The quantitative estimate of drug-likeness (QED) is 0.871. The molecule has 0 radical (unpaired) electrons. The summed E-state index contributed by atoms with van der Waals surface area (Å²) in [6.07, 6.45) is 6.02. The molecule has 1 aromatic heterocycles. The summed E-state index contributed by atoms with van der Waals surface area (Å²) >= 11 is 1.24. The number of hydrogen-bond donors (Lipinski definition) is 2. The highest BCUT2D eigenvalue weighted by Gasteiger charge is 2.20. The zero-order chi connectivity index (χ0) is 13.0. The highest BCUT2D eigenvalue weighted by molar-refractivity contribution is 7.91. The fraction of sp³-hybridized carbons (Fsp3) is 0.667. The van der Waals surface area contributed by atoms with E-state index in [2.05, 4.69) is 4.72 Å². The summed E-state index contributed by atoms with van der Waals surface area (Å²) in [6, 6.07) is 1.66. The van der Waals surface area contributed by atoms with Gasteiger partial charge in [0.1, 0.15) is 4.21 Å². The van der Waals surface area contributed by atoms with Gasteiger partial charge in [-0.15, -0.1) is 11.3 Å². The molecule has 1 saturated carbocycles. The molecule has 0 atom stereocenters. The summed E-state index contributed by atoms with van der Waals surface area (Å²) < 4.78 is 27.2. The normalized spacial score (nSPS) is 18.1. The van der Waals surface area contributed by atoms with E-state index in [4.69, 9.17) is 5.73 Å².